The summed E-state index contributed by atoms with van der Waals surface area (Å²) in [7, 11) is 1.57. The van der Waals surface area contributed by atoms with Gasteiger partial charge in [-0.25, -0.2) is 4.98 Å². The van der Waals surface area contributed by atoms with Crippen molar-refractivity contribution < 1.29 is 14.0 Å². The molecule has 1 aromatic carbocycles. The summed E-state index contributed by atoms with van der Waals surface area (Å²) in [5.41, 5.74) is 2.33. The van der Waals surface area contributed by atoms with Crippen molar-refractivity contribution in [3.63, 3.8) is 0 Å². The fraction of sp³-hybridized carbons (Fsp3) is 0.182. The zero-order chi connectivity index (χ0) is 11.5. The van der Waals surface area contributed by atoms with Crippen LogP contribution in [0, 0.1) is 0 Å². The molecule has 1 heterocycles. The first-order valence-electron chi connectivity index (χ1n) is 4.73. The topological polar surface area (TPSA) is 63.4 Å². The molecule has 0 radical (unpaired) electrons. The van der Waals surface area contributed by atoms with Gasteiger partial charge < -0.3 is 9.32 Å². The second-order valence-corrected chi connectivity index (χ2v) is 3.47. The zero-order valence-electron chi connectivity index (χ0n) is 8.71. The minimum atomic E-state index is -0.544. The van der Waals surface area contributed by atoms with Crippen LogP contribution in [0.15, 0.2) is 29.0 Å². The SMILES string of the molecule is CN(Cc1ccc2ncoc2c1)C(=O)C=O. The number of fused-ring (bicyclic) bond motifs is 1. The molecule has 0 saturated carbocycles. The Bertz CT molecular complexity index is 533. The second kappa shape index (κ2) is 4.14. The largest absolute Gasteiger partial charge is 0.443 e. The monoisotopic (exact) mass is 218 g/mol. The average Bonchev–Trinajstić information content (AvgIpc) is 2.75. The van der Waals surface area contributed by atoms with Gasteiger partial charge in [0, 0.05) is 13.6 Å². The third kappa shape index (κ3) is 1.93. The summed E-state index contributed by atoms with van der Waals surface area (Å²) in [4.78, 5) is 26.7. The number of aldehydes is 1. The Morgan fingerprint density at radius 3 is 3.12 bits per heavy atom. The molecular formula is C11H10N2O3. The van der Waals surface area contributed by atoms with Gasteiger partial charge in [-0.3, -0.25) is 9.59 Å². The molecule has 0 spiro atoms. The first kappa shape index (κ1) is 10.4. The molecule has 0 saturated heterocycles. The number of benzene rings is 1. The van der Waals surface area contributed by atoms with Crippen molar-refractivity contribution in [2.24, 2.45) is 0 Å². The van der Waals surface area contributed by atoms with Crippen molar-refractivity contribution >= 4 is 23.3 Å². The van der Waals surface area contributed by atoms with Crippen LogP contribution in [-0.2, 0) is 16.1 Å². The zero-order valence-corrected chi connectivity index (χ0v) is 8.71. The van der Waals surface area contributed by atoms with Crippen LogP contribution in [0.3, 0.4) is 0 Å². The highest BCUT2D eigenvalue weighted by molar-refractivity contribution is 6.23. The van der Waals surface area contributed by atoms with Crippen LogP contribution >= 0.6 is 0 Å². The van der Waals surface area contributed by atoms with Crippen LogP contribution in [0.4, 0.5) is 0 Å². The smallest absolute Gasteiger partial charge is 0.286 e. The second-order valence-electron chi connectivity index (χ2n) is 3.47. The molecular weight excluding hydrogens is 208 g/mol. The first-order valence-corrected chi connectivity index (χ1v) is 4.73. The Hall–Kier alpha value is -2.17. The van der Waals surface area contributed by atoms with Crippen LogP contribution in [0.1, 0.15) is 5.56 Å². The van der Waals surface area contributed by atoms with Crippen molar-refractivity contribution in [1.82, 2.24) is 9.88 Å². The minimum absolute atomic E-state index is 0.299. The van der Waals surface area contributed by atoms with E-state index in [0.717, 1.165) is 11.1 Å². The number of amides is 1. The lowest BCUT2D eigenvalue weighted by Gasteiger charge is -2.13. The van der Waals surface area contributed by atoms with Crippen molar-refractivity contribution in [2.45, 2.75) is 6.54 Å². The average molecular weight is 218 g/mol. The van der Waals surface area contributed by atoms with Crippen LogP contribution in [0.5, 0.6) is 0 Å². The number of rotatable bonds is 3. The predicted octanol–water partition coefficient (Wildman–Crippen LogP) is 0.985. The van der Waals surface area contributed by atoms with E-state index in [1.165, 1.54) is 11.3 Å². The van der Waals surface area contributed by atoms with Gasteiger partial charge in [0.2, 0.25) is 6.29 Å². The summed E-state index contributed by atoms with van der Waals surface area (Å²) in [5.74, 6) is -0.544. The third-order valence-corrected chi connectivity index (χ3v) is 2.29. The van der Waals surface area contributed by atoms with Crippen LogP contribution in [-0.4, -0.2) is 29.1 Å². The van der Waals surface area contributed by atoms with E-state index in [1.807, 2.05) is 12.1 Å². The summed E-state index contributed by atoms with van der Waals surface area (Å²) in [6.07, 6.45) is 1.67. The lowest BCUT2D eigenvalue weighted by molar-refractivity contribution is -0.138. The Morgan fingerprint density at radius 2 is 2.38 bits per heavy atom. The summed E-state index contributed by atoms with van der Waals surface area (Å²) in [5, 5.41) is 0. The van der Waals surface area contributed by atoms with E-state index in [0.29, 0.717) is 18.4 Å². The van der Waals surface area contributed by atoms with Crippen molar-refractivity contribution in [2.75, 3.05) is 7.05 Å². The lowest BCUT2D eigenvalue weighted by atomic mass is 10.2. The third-order valence-electron chi connectivity index (χ3n) is 2.29. The highest BCUT2D eigenvalue weighted by Crippen LogP contribution is 2.15. The molecule has 1 aromatic heterocycles. The molecule has 5 nitrogen and oxygen atoms in total. The van der Waals surface area contributed by atoms with Gasteiger partial charge in [-0.1, -0.05) is 6.07 Å². The molecule has 0 aliphatic carbocycles. The standard InChI is InChI=1S/C11H10N2O3/c1-13(11(15)6-14)5-8-2-3-9-10(4-8)16-7-12-9/h2-4,6-7H,5H2,1H3. The number of aromatic nitrogens is 1. The maximum atomic E-state index is 11.1. The highest BCUT2D eigenvalue weighted by Gasteiger charge is 2.08. The Balaban J connectivity index is 2.20. The van der Waals surface area contributed by atoms with Gasteiger partial charge in [0.1, 0.15) is 5.52 Å². The number of nitrogens with zero attached hydrogens (tertiary/aromatic N) is 2. The molecule has 5 heteroatoms. The number of likely N-dealkylation sites (N-methyl/N-ethyl adjacent to an activating group) is 1. The van der Waals surface area contributed by atoms with Gasteiger partial charge in [-0.2, -0.15) is 0 Å². The number of carbonyl (C=O) groups excluding carboxylic acids is 2. The maximum Gasteiger partial charge on any atom is 0.286 e. The molecule has 0 aliphatic heterocycles. The van der Waals surface area contributed by atoms with Gasteiger partial charge in [-0.15, -0.1) is 0 Å². The predicted molar refractivity (Wildman–Crippen MR) is 56.5 cm³/mol. The Morgan fingerprint density at radius 1 is 1.56 bits per heavy atom. The van der Waals surface area contributed by atoms with Crippen LogP contribution in [0.25, 0.3) is 11.1 Å². The highest BCUT2D eigenvalue weighted by atomic mass is 16.3. The van der Waals surface area contributed by atoms with Gasteiger partial charge >= 0.3 is 0 Å². The van der Waals surface area contributed by atoms with Crippen LogP contribution < -0.4 is 0 Å². The summed E-state index contributed by atoms with van der Waals surface area (Å²) in [6.45, 7) is 0.369. The van der Waals surface area contributed by atoms with E-state index < -0.39 is 5.91 Å². The Labute approximate surface area is 91.7 Å². The van der Waals surface area contributed by atoms with E-state index in [1.54, 1.807) is 13.1 Å². The molecule has 82 valence electrons. The first-order chi connectivity index (χ1) is 7.70. The number of hydrogen-bond donors (Lipinski definition) is 0. The molecule has 0 unspecified atom stereocenters. The summed E-state index contributed by atoms with van der Waals surface area (Å²) < 4.78 is 5.14. The molecule has 0 aliphatic rings. The maximum absolute atomic E-state index is 11.1. The van der Waals surface area contributed by atoms with E-state index >= 15 is 0 Å². The number of carbonyl (C=O) groups is 2. The molecule has 1 amide bonds. The van der Waals surface area contributed by atoms with E-state index in [4.69, 9.17) is 4.42 Å². The van der Waals surface area contributed by atoms with E-state index in [9.17, 15) is 9.59 Å². The Kier molecular flexibility index (Phi) is 2.68. The molecule has 0 fully saturated rings. The van der Waals surface area contributed by atoms with E-state index in [2.05, 4.69) is 4.98 Å². The van der Waals surface area contributed by atoms with Gasteiger partial charge in [0.15, 0.2) is 12.0 Å². The molecule has 16 heavy (non-hydrogen) atoms. The van der Waals surface area contributed by atoms with Gasteiger partial charge in [-0.05, 0) is 17.7 Å². The molecule has 2 rings (SSSR count). The van der Waals surface area contributed by atoms with Crippen molar-refractivity contribution in [3.05, 3.63) is 30.2 Å². The fourth-order valence-corrected chi connectivity index (χ4v) is 1.44. The van der Waals surface area contributed by atoms with Crippen LogP contribution in [0.2, 0.25) is 0 Å². The van der Waals surface area contributed by atoms with E-state index in [-0.39, 0.29) is 0 Å². The summed E-state index contributed by atoms with van der Waals surface area (Å²) in [6, 6.07) is 5.46. The summed E-state index contributed by atoms with van der Waals surface area (Å²) >= 11 is 0. The van der Waals surface area contributed by atoms with Crippen molar-refractivity contribution in [1.29, 1.82) is 0 Å². The quantitative estimate of drug-likeness (QED) is 0.569. The molecule has 0 bridgehead atoms. The molecule has 2 aromatic rings. The molecule has 0 atom stereocenters. The molecule has 0 N–H and O–H groups in total. The normalized spacial score (nSPS) is 10.3. The lowest BCUT2D eigenvalue weighted by Crippen LogP contribution is -2.26. The number of hydrogen-bond acceptors (Lipinski definition) is 4. The fourth-order valence-electron chi connectivity index (χ4n) is 1.44. The number of oxazole rings is 1. The van der Waals surface area contributed by atoms with Gasteiger partial charge in [0.05, 0.1) is 0 Å². The minimum Gasteiger partial charge on any atom is -0.443 e. The van der Waals surface area contributed by atoms with Gasteiger partial charge in [0.25, 0.3) is 5.91 Å². The van der Waals surface area contributed by atoms with Crippen molar-refractivity contribution in [3.8, 4) is 0 Å².